The molecule has 1 aromatic carbocycles. The molecule has 0 radical (unpaired) electrons. The van der Waals surface area contributed by atoms with Gasteiger partial charge in [0.25, 0.3) is 0 Å². The minimum atomic E-state index is -4.68. The number of hydrogen-bond donors (Lipinski definition) is 4. The molecular formula is C8H6NNaO7S. The van der Waals surface area contributed by atoms with E-state index in [4.69, 9.17) is 14.8 Å². The summed E-state index contributed by atoms with van der Waals surface area (Å²) >= 11 is 0.0805. The standard InChI is InChI=1S/C8H6NO7S.Na/c10-7(11)4-1-2-5(8(12)13)6(3-4)9-17(14,15)16;/h1-2,9H,(H,10,11)(H,12,13)(H,14,15,16);. The Morgan fingerprint density at radius 2 is 1.56 bits per heavy atom. The molecule has 0 aromatic heterocycles. The predicted octanol–water partition coefficient (Wildman–Crippen LogP) is -0.909. The molecule has 0 amide bonds. The molecule has 0 saturated heterocycles. The van der Waals surface area contributed by atoms with E-state index in [1.807, 2.05) is 0 Å². The van der Waals surface area contributed by atoms with Gasteiger partial charge in [0.15, 0.2) is 0 Å². The van der Waals surface area contributed by atoms with E-state index < -0.39 is 33.5 Å². The first kappa shape index (κ1) is 14.9. The number of carboxylic acids is 2. The number of nitrogens with one attached hydrogen (secondary N) is 1. The summed E-state index contributed by atoms with van der Waals surface area (Å²) in [7, 11) is -4.68. The number of hydrogen-bond acceptors (Lipinski definition) is 4. The number of aromatic carboxylic acids is 2. The predicted molar refractivity (Wildman–Crippen MR) is 60.9 cm³/mol. The van der Waals surface area contributed by atoms with Crippen LogP contribution in [0.1, 0.15) is 20.7 Å². The van der Waals surface area contributed by atoms with E-state index in [9.17, 15) is 18.0 Å². The summed E-state index contributed by atoms with van der Waals surface area (Å²) in [6, 6.07) is 2.03. The van der Waals surface area contributed by atoms with Crippen molar-refractivity contribution in [1.29, 1.82) is 0 Å². The van der Waals surface area contributed by atoms with Crippen LogP contribution in [0.25, 0.3) is 0 Å². The zero-order chi connectivity index (χ0) is 14.1. The van der Waals surface area contributed by atoms with Crippen LogP contribution >= 0.6 is 0 Å². The van der Waals surface area contributed by atoms with Gasteiger partial charge in [-0.2, -0.15) is 0 Å². The Morgan fingerprint density at radius 3 is 1.94 bits per heavy atom. The van der Waals surface area contributed by atoms with E-state index in [0.717, 1.165) is 12.1 Å². The van der Waals surface area contributed by atoms with Crippen molar-refractivity contribution in [1.82, 2.24) is 0 Å². The second-order valence-electron chi connectivity index (χ2n) is 3.35. The third-order valence-corrected chi connectivity index (χ3v) is 3.66. The van der Waals surface area contributed by atoms with Gasteiger partial charge in [-0.1, -0.05) is 0 Å². The van der Waals surface area contributed by atoms with Crippen molar-refractivity contribution in [2.45, 2.75) is 0 Å². The SMILES string of the molecule is O=C(O)c1ccc(C(=O)O)c(NS(=O)(=O)O)[c]1[Na]. The van der Waals surface area contributed by atoms with Gasteiger partial charge >= 0.3 is 119 Å². The molecule has 8 nitrogen and oxygen atoms in total. The van der Waals surface area contributed by atoms with Gasteiger partial charge in [-0.25, -0.2) is 0 Å². The molecule has 0 saturated carbocycles. The van der Waals surface area contributed by atoms with Crippen molar-refractivity contribution in [2.24, 2.45) is 0 Å². The number of carboxylic acid groups (broad SMARTS) is 2. The summed E-state index contributed by atoms with van der Waals surface area (Å²) in [4.78, 5) is 21.7. The van der Waals surface area contributed by atoms with E-state index in [0.29, 0.717) is 0 Å². The quantitative estimate of drug-likeness (QED) is 0.414. The van der Waals surface area contributed by atoms with E-state index in [-0.39, 0.29) is 36.3 Å². The zero-order valence-electron chi connectivity index (χ0n) is 9.04. The maximum absolute atomic E-state index is 10.9. The molecule has 0 aliphatic carbocycles. The molecule has 0 heterocycles. The molecule has 0 atom stereocenters. The first-order valence-corrected chi connectivity index (χ1v) is 6.93. The average Bonchev–Trinajstić information content (AvgIpc) is 2.17. The maximum atomic E-state index is 10.9. The molecule has 0 unspecified atom stereocenters. The summed E-state index contributed by atoms with van der Waals surface area (Å²) in [5.41, 5.74) is -1.06. The van der Waals surface area contributed by atoms with Gasteiger partial charge in [0.05, 0.1) is 0 Å². The second-order valence-corrected chi connectivity index (χ2v) is 5.50. The van der Waals surface area contributed by atoms with Crippen LogP contribution in [-0.2, 0) is 10.3 Å². The molecule has 92 valence electrons. The third kappa shape index (κ3) is 3.43. The summed E-state index contributed by atoms with van der Waals surface area (Å²) < 4.78 is 31.8. The Bertz CT molecular complexity index is 625. The normalized spacial score (nSPS) is 11.1. The fourth-order valence-corrected chi connectivity index (χ4v) is 2.86. The van der Waals surface area contributed by atoms with Crippen molar-refractivity contribution < 1.29 is 32.8 Å². The molecular weight excluding hydrogens is 277 g/mol. The van der Waals surface area contributed by atoms with Crippen molar-refractivity contribution >= 4 is 58.7 Å². The van der Waals surface area contributed by atoms with Crippen LogP contribution in [0.4, 0.5) is 5.69 Å². The Kier molecular flexibility index (Phi) is 4.35. The van der Waals surface area contributed by atoms with Crippen LogP contribution in [0.15, 0.2) is 12.1 Å². The van der Waals surface area contributed by atoms with Crippen molar-refractivity contribution in [2.75, 3.05) is 4.72 Å². The van der Waals surface area contributed by atoms with Crippen LogP contribution in [0.5, 0.6) is 0 Å². The van der Waals surface area contributed by atoms with Gasteiger partial charge < -0.3 is 0 Å². The zero-order valence-corrected chi connectivity index (χ0v) is 11.9. The number of carbonyl (C=O) groups is 2. The van der Waals surface area contributed by atoms with Crippen LogP contribution in [0.2, 0.25) is 0 Å². The van der Waals surface area contributed by atoms with Gasteiger partial charge in [0.2, 0.25) is 0 Å². The first-order chi connectivity index (χ1) is 8.13. The molecule has 18 heavy (non-hydrogen) atoms. The Hall–Kier alpha value is -1.13. The second kappa shape index (κ2) is 5.24. The van der Waals surface area contributed by atoms with Gasteiger partial charge in [-0.3, -0.25) is 0 Å². The van der Waals surface area contributed by atoms with E-state index in [1.165, 1.54) is 0 Å². The van der Waals surface area contributed by atoms with E-state index >= 15 is 0 Å². The molecule has 0 spiro atoms. The number of rotatable bonds is 4. The van der Waals surface area contributed by atoms with Crippen molar-refractivity contribution in [3.63, 3.8) is 0 Å². The molecule has 0 bridgehead atoms. The van der Waals surface area contributed by atoms with Crippen molar-refractivity contribution in [3.8, 4) is 0 Å². The van der Waals surface area contributed by atoms with Gasteiger partial charge in [0, 0.05) is 0 Å². The first-order valence-electron chi connectivity index (χ1n) is 4.49. The summed E-state index contributed by atoms with van der Waals surface area (Å²) in [5, 5.41) is 17.7. The Morgan fingerprint density at radius 1 is 1.11 bits per heavy atom. The molecule has 0 aliphatic heterocycles. The fraction of sp³-hybridized carbons (Fsp3) is 0. The summed E-state index contributed by atoms with van der Waals surface area (Å²) in [6.45, 7) is 0. The van der Waals surface area contributed by atoms with Crippen LogP contribution in [0.3, 0.4) is 0 Å². The molecule has 1 aromatic rings. The Balaban J connectivity index is 3.55. The fourth-order valence-electron chi connectivity index (χ4n) is 1.38. The topological polar surface area (TPSA) is 141 Å². The molecule has 1 rings (SSSR count). The minimum absolute atomic E-state index is 0.0278. The molecule has 0 aliphatic rings. The van der Waals surface area contributed by atoms with E-state index in [1.54, 1.807) is 4.72 Å². The average molecular weight is 283 g/mol. The summed E-state index contributed by atoms with van der Waals surface area (Å²) in [6.07, 6.45) is 0. The number of anilines is 1. The molecule has 10 heteroatoms. The van der Waals surface area contributed by atoms with Crippen LogP contribution in [-0.4, -0.2) is 63.1 Å². The van der Waals surface area contributed by atoms with Gasteiger partial charge in [0.1, 0.15) is 0 Å². The van der Waals surface area contributed by atoms with Gasteiger partial charge in [-0.15, -0.1) is 0 Å². The summed E-state index contributed by atoms with van der Waals surface area (Å²) in [5.74, 6) is -2.74. The molecule has 4 N–H and O–H groups in total. The Labute approximate surface area is 119 Å². The molecule has 0 fully saturated rings. The van der Waals surface area contributed by atoms with Crippen LogP contribution < -0.4 is 7.54 Å². The van der Waals surface area contributed by atoms with Crippen LogP contribution in [0, 0.1) is 0 Å². The van der Waals surface area contributed by atoms with E-state index in [2.05, 4.69) is 0 Å². The number of benzene rings is 1. The third-order valence-electron chi connectivity index (χ3n) is 2.16. The van der Waals surface area contributed by atoms with Crippen molar-refractivity contribution in [3.05, 3.63) is 23.3 Å². The monoisotopic (exact) mass is 283 g/mol. The van der Waals surface area contributed by atoms with Gasteiger partial charge in [-0.05, 0) is 0 Å².